The summed E-state index contributed by atoms with van der Waals surface area (Å²) in [5.41, 5.74) is 0.0513. The summed E-state index contributed by atoms with van der Waals surface area (Å²) in [4.78, 5) is 0. The summed E-state index contributed by atoms with van der Waals surface area (Å²) in [5, 5.41) is 14.9. The van der Waals surface area contributed by atoms with Gasteiger partial charge in [0.25, 0.3) is 0 Å². The number of nitrogens with zero attached hydrogens (tertiary/aromatic N) is 2. The molecule has 1 fully saturated rings. The summed E-state index contributed by atoms with van der Waals surface area (Å²) in [7, 11) is 3.48. The molecular formula is C12H20N2O2. The van der Waals surface area contributed by atoms with Crippen LogP contribution in [0.3, 0.4) is 0 Å². The molecule has 0 aromatic carbocycles. The van der Waals surface area contributed by atoms with Gasteiger partial charge >= 0.3 is 0 Å². The van der Waals surface area contributed by atoms with Gasteiger partial charge in [0.15, 0.2) is 5.75 Å². The Hall–Kier alpha value is -1.03. The zero-order valence-corrected chi connectivity index (χ0v) is 10.2. The van der Waals surface area contributed by atoms with Gasteiger partial charge in [-0.1, -0.05) is 13.3 Å². The number of hydrogen-bond acceptors (Lipinski definition) is 3. The smallest absolute Gasteiger partial charge is 0.162 e. The SMILES string of the molecule is COc1cnn(C)c1C1(O)CCCC(C)C1. The number of aryl methyl sites for hydroxylation is 1. The van der Waals surface area contributed by atoms with Gasteiger partial charge in [0, 0.05) is 7.05 Å². The highest BCUT2D eigenvalue weighted by atomic mass is 16.5. The molecule has 2 atom stereocenters. The molecule has 0 bridgehead atoms. The zero-order chi connectivity index (χ0) is 11.8. The van der Waals surface area contributed by atoms with E-state index in [1.165, 1.54) is 6.42 Å². The lowest BCUT2D eigenvalue weighted by Gasteiger charge is -2.35. The Balaban J connectivity index is 2.37. The highest BCUT2D eigenvalue weighted by molar-refractivity contribution is 5.31. The molecule has 0 amide bonds. The molecule has 2 rings (SSSR count). The number of aromatic nitrogens is 2. The summed E-state index contributed by atoms with van der Waals surface area (Å²) >= 11 is 0. The van der Waals surface area contributed by atoms with Crippen molar-refractivity contribution in [2.24, 2.45) is 13.0 Å². The van der Waals surface area contributed by atoms with Crippen LogP contribution in [0.1, 0.15) is 38.3 Å². The Bertz CT molecular complexity index is 375. The number of hydrogen-bond donors (Lipinski definition) is 1. The van der Waals surface area contributed by atoms with E-state index in [2.05, 4.69) is 12.0 Å². The fourth-order valence-electron chi connectivity index (χ4n) is 2.84. The van der Waals surface area contributed by atoms with Crippen LogP contribution in [0, 0.1) is 5.92 Å². The number of methoxy groups -OCH3 is 1. The topological polar surface area (TPSA) is 47.3 Å². The van der Waals surface area contributed by atoms with Crippen molar-refractivity contribution in [2.45, 2.75) is 38.2 Å². The molecule has 0 saturated heterocycles. The summed E-state index contributed by atoms with van der Waals surface area (Å²) in [6.45, 7) is 2.19. The highest BCUT2D eigenvalue weighted by Gasteiger charge is 2.39. The van der Waals surface area contributed by atoms with Crippen LogP contribution in [0.2, 0.25) is 0 Å². The Kier molecular flexibility index (Phi) is 2.93. The first kappa shape index (κ1) is 11.5. The van der Waals surface area contributed by atoms with E-state index in [4.69, 9.17) is 4.74 Å². The predicted octanol–water partition coefficient (Wildman–Crippen LogP) is 1.83. The molecule has 1 heterocycles. The molecule has 0 aliphatic heterocycles. The van der Waals surface area contributed by atoms with Gasteiger partial charge in [-0.3, -0.25) is 4.68 Å². The van der Waals surface area contributed by atoms with E-state index in [1.54, 1.807) is 18.0 Å². The maximum Gasteiger partial charge on any atom is 0.162 e. The minimum absolute atomic E-state index is 0.554. The second-order valence-corrected chi connectivity index (χ2v) is 4.92. The van der Waals surface area contributed by atoms with E-state index in [-0.39, 0.29) is 0 Å². The third-order valence-corrected chi connectivity index (χ3v) is 3.54. The summed E-state index contributed by atoms with van der Waals surface area (Å²) in [6, 6.07) is 0. The quantitative estimate of drug-likeness (QED) is 0.833. The maximum atomic E-state index is 10.8. The standard InChI is InChI=1S/C12H20N2O2/c1-9-5-4-6-12(15,7-9)11-10(16-3)8-13-14(11)2/h8-9,15H,4-7H2,1-3H3. The van der Waals surface area contributed by atoms with Crippen molar-refractivity contribution in [2.75, 3.05) is 7.11 Å². The lowest BCUT2D eigenvalue weighted by molar-refractivity contribution is -0.0263. The molecule has 1 aliphatic rings. The van der Waals surface area contributed by atoms with Gasteiger partial charge in [-0.25, -0.2) is 0 Å². The average molecular weight is 224 g/mol. The summed E-state index contributed by atoms with van der Waals surface area (Å²) in [6.07, 6.45) is 5.52. The average Bonchev–Trinajstić information content (AvgIpc) is 2.59. The van der Waals surface area contributed by atoms with Crippen molar-refractivity contribution >= 4 is 0 Å². The molecule has 0 radical (unpaired) electrons. The molecule has 16 heavy (non-hydrogen) atoms. The molecule has 1 saturated carbocycles. The fraction of sp³-hybridized carbons (Fsp3) is 0.750. The van der Waals surface area contributed by atoms with Gasteiger partial charge in [0.05, 0.1) is 13.3 Å². The van der Waals surface area contributed by atoms with Crippen LogP contribution < -0.4 is 4.74 Å². The molecule has 4 heteroatoms. The third kappa shape index (κ3) is 1.82. The van der Waals surface area contributed by atoms with Crippen LogP contribution in [0.25, 0.3) is 0 Å². The maximum absolute atomic E-state index is 10.8. The minimum Gasteiger partial charge on any atom is -0.493 e. The second kappa shape index (κ2) is 4.09. The van der Waals surface area contributed by atoms with Crippen LogP contribution in [0.15, 0.2) is 6.20 Å². The van der Waals surface area contributed by atoms with Gasteiger partial charge in [0.2, 0.25) is 0 Å². The Morgan fingerprint density at radius 2 is 2.38 bits per heavy atom. The zero-order valence-electron chi connectivity index (χ0n) is 10.2. The molecule has 1 aromatic heterocycles. The van der Waals surface area contributed by atoms with E-state index in [1.807, 2.05) is 7.05 Å². The first-order valence-corrected chi connectivity index (χ1v) is 5.85. The molecule has 0 spiro atoms. The van der Waals surface area contributed by atoms with Crippen molar-refractivity contribution in [1.82, 2.24) is 9.78 Å². The van der Waals surface area contributed by atoms with Gasteiger partial charge < -0.3 is 9.84 Å². The van der Waals surface area contributed by atoms with Gasteiger partial charge in [-0.15, -0.1) is 0 Å². The Labute approximate surface area is 96.2 Å². The van der Waals surface area contributed by atoms with Gasteiger partial charge in [-0.2, -0.15) is 5.10 Å². The van der Waals surface area contributed by atoms with Crippen molar-refractivity contribution in [3.63, 3.8) is 0 Å². The van der Waals surface area contributed by atoms with Crippen LogP contribution in [0.5, 0.6) is 5.75 Å². The Morgan fingerprint density at radius 3 is 3.00 bits per heavy atom. The molecule has 1 aliphatic carbocycles. The Morgan fingerprint density at radius 1 is 1.62 bits per heavy atom. The molecule has 1 N–H and O–H groups in total. The third-order valence-electron chi connectivity index (χ3n) is 3.54. The molecular weight excluding hydrogens is 204 g/mol. The van der Waals surface area contributed by atoms with Crippen molar-refractivity contribution in [3.05, 3.63) is 11.9 Å². The van der Waals surface area contributed by atoms with Crippen LogP contribution in [-0.2, 0) is 12.6 Å². The monoisotopic (exact) mass is 224 g/mol. The van der Waals surface area contributed by atoms with Crippen LogP contribution in [0.4, 0.5) is 0 Å². The largest absolute Gasteiger partial charge is 0.493 e. The van der Waals surface area contributed by atoms with Crippen molar-refractivity contribution in [1.29, 1.82) is 0 Å². The fourth-order valence-corrected chi connectivity index (χ4v) is 2.84. The number of aliphatic hydroxyl groups is 1. The van der Waals surface area contributed by atoms with Gasteiger partial charge in [0.1, 0.15) is 11.3 Å². The minimum atomic E-state index is -0.770. The first-order valence-electron chi connectivity index (χ1n) is 5.85. The highest BCUT2D eigenvalue weighted by Crippen LogP contribution is 2.42. The van der Waals surface area contributed by atoms with E-state index < -0.39 is 5.60 Å². The van der Waals surface area contributed by atoms with Crippen LogP contribution in [-0.4, -0.2) is 22.0 Å². The van der Waals surface area contributed by atoms with Crippen molar-refractivity contribution in [3.8, 4) is 5.75 Å². The number of ether oxygens (including phenoxy) is 1. The molecule has 90 valence electrons. The first-order chi connectivity index (χ1) is 7.57. The normalized spacial score (nSPS) is 30.4. The lowest BCUT2D eigenvalue weighted by Crippen LogP contribution is -2.34. The summed E-state index contributed by atoms with van der Waals surface area (Å²) < 4.78 is 7.01. The lowest BCUT2D eigenvalue weighted by atomic mass is 9.77. The summed E-state index contributed by atoms with van der Waals surface area (Å²) in [5.74, 6) is 1.25. The number of rotatable bonds is 2. The van der Waals surface area contributed by atoms with E-state index in [0.717, 1.165) is 25.0 Å². The van der Waals surface area contributed by atoms with E-state index in [0.29, 0.717) is 11.7 Å². The van der Waals surface area contributed by atoms with E-state index in [9.17, 15) is 5.11 Å². The predicted molar refractivity (Wildman–Crippen MR) is 61.3 cm³/mol. The van der Waals surface area contributed by atoms with Crippen LogP contribution >= 0.6 is 0 Å². The molecule has 2 unspecified atom stereocenters. The second-order valence-electron chi connectivity index (χ2n) is 4.92. The molecule has 1 aromatic rings. The van der Waals surface area contributed by atoms with Gasteiger partial charge in [-0.05, 0) is 25.2 Å². The molecule has 4 nitrogen and oxygen atoms in total. The van der Waals surface area contributed by atoms with E-state index >= 15 is 0 Å². The van der Waals surface area contributed by atoms with Crippen molar-refractivity contribution < 1.29 is 9.84 Å².